The SMILES string of the molecule is CC[C@@H](C)CC[C@@H](C)c1ccc2sc(C3CCN(C)C[C@@H]3C)nc2c1. The minimum absolute atomic E-state index is 0.630. The van der Waals surface area contributed by atoms with Gasteiger partial charge < -0.3 is 4.90 Å². The highest BCUT2D eigenvalue weighted by Crippen LogP contribution is 2.37. The van der Waals surface area contributed by atoms with Crippen LogP contribution in [0.3, 0.4) is 0 Å². The van der Waals surface area contributed by atoms with Crippen molar-refractivity contribution < 1.29 is 0 Å². The van der Waals surface area contributed by atoms with E-state index >= 15 is 0 Å². The summed E-state index contributed by atoms with van der Waals surface area (Å²) in [4.78, 5) is 7.52. The van der Waals surface area contributed by atoms with Crippen molar-refractivity contribution in [2.24, 2.45) is 11.8 Å². The lowest BCUT2D eigenvalue weighted by molar-refractivity contribution is 0.195. The molecular formula is C22H34N2S. The maximum absolute atomic E-state index is 5.07. The Labute approximate surface area is 157 Å². The average Bonchev–Trinajstić information content (AvgIpc) is 3.01. The topological polar surface area (TPSA) is 16.1 Å². The van der Waals surface area contributed by atoms with Crippen LogP contribution in [-0.4, -0.2) is 30.0 Å². The fourth-order valence-electron chi connectivity index (χ4n) is 4.05. The van der Waals surface area contributed by atoms with Crippen LogP contribution in [0.5, 0.6) is 0 Å². The Balaban J connectivity index is 1.75. The van der Waals surface area contributed by atoms with Crippen LogP contribution in [-0.2, 0) is 0 Å². The molecule has 1 aliphatic heterocycles. The quantitative estimate of drug-likeness (QED) is 0.604. The van der Waals surface area contributed by atoms with E-state index in [1.54, 1.807) is 0 Å². The van der Waals surface area contributed by atoms with Crippen LogP contribution in [0.1, 0.15) is 75.8 Å². The minimum atomic E-state index is 0.630. The van der Waals surface area contributed by atoms with Crippen molar-refractivity contribution in [3.05, 3.63) is 28.8 Å². The van der Waals surface area contributed by atoms with Crippen LogP contribution in [0.2, 0.25) is 0 Å². The number of likely N-dealkylation sites (tertiary alicyclic amines) is 1. The molecule has 1 aromatic heterocycles. The molecule has 138 valence electrons. The molecule has 1 unspecified atom stereocenters. The van der Waals surface area contributed by atoms with E-state index in [0.717, 1.165) is 5.92 Å². The number of hydrogen-bond donors (Lipinski definition) is 0. The monoisotopic (exact) mass is 358 g/mol. The normalized spacial score (nSPS) is 24.5. The Morgan fingerprint density at radius 1 is 1.28 bits per heavy atom. The van der Waals surface area contributed by atoms with Gasteiger partial charge in [0.2, 0.25) is 0 Å². The number of benzene rings is 1. The molecule has 1 saturated heterocycles. The zero-order chi connectivity index (χ0) is 18.0. The largest absolute Gasteiger partial charge is 0.306 e. The molecule has 0 saturated carbocycles. The fourth-order valence-corrected chi connectivity index (χ4v) is 5.27. The standard InChI is InChI=1S/C22H34N2S/c1-6-15(2)7-8-16(3)18-9-10-21-20(13-18)23-22(25-21)19-11-12-24(5)14-17(19)4/h9-10,13,15-17,19H,6-8,11-12,14H2,1-5H3/t15-,16-,17+,19?/m1/s1. The van der Waals surface area contributed by atoms with Gasteiger partial charge in [-0.3, -0.25) is 0 Å². The summed E-state index contributed by atoms with van der Waals surface area (Å²) in [5.41, 5.74) is 2.68. The second kappa shape index (κ2) is 8.18. The summed E-state index contributed by atoms with van der Waals surface area (Å²) >= 11 is 1.92. The van der Waals surface area contributed by atoms with Gasteiger partial charge in [0.25, 0.3) is 0 Å². The number of rotatable bonds is 6. The predicted octanol–water partition coefficient (Wildman–Crippen LogP) is 6.28. The molecule has 4 atom stereocenters. The van der Waals surface area contributed by atoms with Crippen LogP contribution in [0.25, 0.3) is 10.2 Å². The molecule has 25 heavy (non-hydrogen) atoms. The molecule has 3 rings (SSSR count). The van der Waals surface area contributed by atoms with Crippen molar-refractivity contribution in [2.75, 3.05) is 20.1 Å². The molecular weight excluding hydrogens is 324 g/mol. The number of piperidine rings is 1. The summed E-state index contributed by atoms with van der Waals surface area (Å²) in [5, 5.41) is 1.36. The Hall–Kier alpha value is -0.930. The van der Waals surface area contributed by atoms with Gasteiger partial charge in [0.05, 0.1) is 15.2 Å². The van der Waals surface area contributed by atoms with Crippen molar-refractivity contribution in [2.45, 2.75) is 65.2 Å². The lowest BCUT2D eigenvalue weighted by atomic mass is 9.87. The number of nitrogens with zero attached hydrogens (tertiary/aromatic N) is 2. The Kier molecular flexibility index (Phi) is 6.17. The summed E-state index contributed by atoms with van der Waals surface area (Å²) in [6.45, 7) is 11.8. The van der Waals surface area contributed by atoms with Gasteiger partial charge in [0, 0.05) is 12.5 Å². The smallest absolute Gasteiger partial charge is 0.0973 e. The number of thiazole rings is 1. The van der Waals surface area contributed by atoms with Gasteiger partial charge in [-0.1, -0.05) is 46.6 Å². The molecule has 1 aromatic carbocycles. The minimum Gasteiger partial charge on any atom is -0.306 e. The summed E-state index contributed by atoms with van der Waals surface area (Å²) in [6, 6.07) is 7.01. The van der Waals surface area contributed by atoms with E-state index in [1.807, 2.05) is 11.3 Å². The zero-order valence-electron chi connectivity index (χ0n) is 16.6. The molecule has 0 spiro atoms. The first-order valence-electron chi connectivity index (χ1n) is 10.1. The Morgan fingerprint density at radius 3 is 2.80 bits per heavy atom. The lowest BCUT2D eigenvalue weighted by Crippen LogP contribution is -2.35. The van der Waals surface area contributed by atoms with Gasteiger partial charge in [0.15, 0.2) is 0 Å². The molecule has 2 aromatic rings. The van der Waals surface area contributed by atoms with Crippen molar-refractivity contribution >= 4 is 21.6 Å². The van der Waals surface area contributed by atoms with Crippen LogP contribution < -0.4 is 0 Å². The van der Waals surface area contributed by atoms with Crippen LogP contribution >= 0.6 is 11.3 Å². The van der Waals surface area contributed by atoms with Crippen LogP contribution in [0.4, 0.5) is 0 Å². The highest BCUT2D eigenvalue weighted by atomic mass is 32.1. The molecule has 0 radical (unpaired) electrons. The summed E-state index contributed by atoms with van der Waals surface area (Å²) < 4.78 is 1.36. The fraction of sp³-hybridized carbons (Fsp3) is 0.682. The lowest BCUT2D eigenvalue weighted by Gasteiger charge is -2.33. The highest BCUT2D eigenvalue weighted by molar-refractivity contribution is 7.18. The predicted molar refractivity (Wildman–Crippen MR) is 111 cm³/mol. The first-order chi connectivity index (χ1) is 12.0. The van der Waals surface area contributed by atoms with E-state index in [4.69, 9.17) is 4.98 Å². The summed E-state index contributed by atoms with van der Waals surface area (Å²) in [6.07, 6.45) is 5.14. The van der Waals surface area contributed by atoms with Crippen molar-refractivity contribution in [1.29, 1.82) is 0 Å². The third kappa shape index (κ3) is 4.43. The third-order valence-electron chi connectivity index (χ3n) is 6.21. The van der Waals surface area contributed by atoms with Crippen molar-refractivity contribution in [1.82, 2.24) is 9.88 Å². The summed E-state index contributed by atoms with van der Waals surface area (Å²) in [7, 11) is 2.23. The van der Waals surface area contributed by atoms with E-state index < -0.39 is 0 Å². The Morgan fingerprint density at radius 2 is 2.08 bits per heavy atom. The highest BCUT2D eigenvalue weighted by Gasteiger charge is 2.28. The molecule has 1 fully saturated rings. The van der Waals surface area contributed by atoms with E-state index in [9.17, 15) is 0 Å². The third-order valence-corrected chi connectivity index (χ3v) is 7.38. The average molecular weight is 359 g/mol. The maximum atomic E-state index is 5.07. The van der Waals surface area contributed by atoms with Gasteiger partial charge in [-0.05, 0) is 61.9 Å². The van der Waals surface area contributed by atoms with Crippen molar-refractivity contribution in [3.63, 3.8) is 0 Å². The Bertz CT molecular complexity index is 692. The van der Waals surface area contributed by atoms with Gasteiger partial charge >= 0.3 is 0 Å². The molecule has 0 amide bonds. The van der Waals surface area contributed by atoms with E-state index in [1.165, 1.54) is 59.6 Å². The molecule has 1 aliphatic rings. The second-order valence-electron chi connectivity index (χ2n) is 8.41. The molecule has 3 heteroatoms. The van der Waals surface area contributed by atoms with E-state index in [-0.39, 0.29) is 0 Å². The second-order valence-corrected chi connectivity index (χ2v) is 9.47. The first kappa shape index (κ1) is 18.8. The molecule has 0 aliphatic carbocycles. The van der Waals surface area contributed by atoms with Crippen LogP contribution in [0.15, 0.2) is 18.2 Å². The zero-order valence-corrected chi connectivity index (χ0v) is 17.4. The van der Waals surface area contributed by atoms with Gasteiger partial charge in [-0.25, -0.2) is 4.98 Å². The van der Waals surface area contributed by atoms with Gasteiger partial charge in [0.1, 0.15) is 0 Å². The van der Waals surface area contributed by atoms with E-state index in [2.05, 4.69) is 57.8 Å². The molecule has 2 nitrogen and oxygen atoms in total. The molecule has 0 bridgehead atoms. The maximum Gasteiger partial charge on any atom is 0.0973 e. The van der Waals surface area contributed by atoms with Crippen molar-refractivity contribution in [3.8, 4) is 0 Å². The van der Waals surface area contributed by atoms with Gasteiger partial charge in [-0.15, -0.1) is 11.3 Å². The molecule has 0 N–H and O–H groups in total. The number of hydrogen-bond acceptors (Lipinski definition) is 3. The van der Waals surface area contributed by atoms with E-state index in [0.29, 0.717) is 17.8 Å². The van der Waals surface area contributed by atoms with Crippen LogP contribution in [0, 0.1) is 11.8 Å². The van der Waals surface area contributed by atoms with Gasteiger partial charge in [-0.2, -0.15) is 0 Å². The number of aromatic nitrogens is 1. The number of fused-ring (bicyclic) bond motifs is 1. The first-order valence-corrected chi connectivity index (χ1v) is 10.9. The molecule has 2 heterocycles. The summed E-state index contributed by atoms with van der Waals surface area (Å²) in [5.74, 6) is 2.81.